The number of hydrogen-bond acceptors (Lipinski definition) is 2. The molecule has 2 atom stereocenters. The van der Waals surface area contributed by atoms with Crippen molar-refractivity contribution in [2.75, 3.05) is 0 Å². The predicted molar refractivity (Wildman–Crippen MR) is 102 cm³/mol. The summed E-state index contributed by atoms with van der Waals surface area (Å²) in [5, 5.41) is 6.37. The minimum absolute atomic E-state index is 0.0514. The van der Waals surface area contributed by atoms with Gasteiger partial charge in [0.2, 0.25) is 11.8 Å². The average Bonchev–Trinajstić information content (AvgIpc) is 2.50. The van der Waals surface area contributed by atoms with E-state index in [1.165, 1.54) is 50.7 Å². The van der Waals surface area contributed by atoms with E-state index in [0.717, 1.165) is 38.0 Å². The van der Waals surface area contributed by atoms with Crippen molar-refractivity contribution < 1.29 is 9.59 Å². The number of amides is 2. The third kappa shape index (κ3) is 3.70. The third-order valence-electron chi connectivity index (χ3n) is 7.35. The molecule has 2 amide bonds. The van der Waals surface area contributed by atoms with Crippen LogP contribution in [0.25, 0.3) is 0 Å². The van der Waals surface area contributed by atoms with Gasteiger partial charge in [-0.05, 0) is 68.1 Å². The zero-order chi connectivity index (χ0) is 18.4. The average molecular weight is 359 g/mol. The molecule has 0 spiro atoms. The number of hydrogen-bond donors (Lipinski definition) is 2. The molecule has 0 aliphatic heterocycles. The summed E-state index contributed by atoms with van der Waals surface area (Å²) in [4.78, 5) is 24.7. The Morgan fingerprint density at radius 1 is 0.846 bits per heavy atom. The molecule has 0 heterocycles. The van der Waals surface area contributed by atoms with Crippen LogP contribution in [-0.4, -0.2) is 23.4 Å². The van der Waals surface area contributed by atoms with Gasteiger partial charge in [-0.25, -0.2) is 0 Å². The summed E-state index contributed by atoms with van der Waals surface area (Å²) < 4.78 is 0. The molecule has 0 saturated heterocycles. The summed E-state index contributed by atoms with van der Waals surface area (Å²) in [6.07, 6.45) is 15.9. The van der Waals surface area contributed by atoms with Crippen molar-refractivity contribution in [3.63, 3.8) is 0 Å². The van der Waals surface area contributed by atoms with Crippen LogP contribution in [0.5, 0.6) is 0 Å². The van der Waals surface area contributed by atoms with Gasteiger partial charge in [0.05, 0.1) is 0 Å². The lowest BCUT2D eigenvalue weighted by Crippen LogP contribution is -2.65. The first kappa shape index (κ1) is 18.1. The molecule has 0 aromatic heterocycles. The van der Waals surface area contributed by atoms with Crippen molar-refractivity contribution in [2.24, 2.45) is 16.7 Å². The first-order valence-electron chi connectivity index (χ1n) is 10.6. The highest BCUT2D eigenvalue weighted by molar-refractivity contribution is 5.97. The van der Waals surface area contributed by atoms with E-state index in [4.69, 9.17) is 0 Å². The molecule has 4 heteroatoms. The molecule has 0 radical (unpaired) electrons. The zero-order valence-electron chi connectivity index (χ0n) is 16.4. The Labute approximate surface area is 157 Å². The van der Waals surface area contributed by atoms with Gasteiger partial charge in [0, 0.05) is 23.7 Å². The van der Waals surface area contributed by atoms with Crippen molar-refractivity contribution in [3.8, 4) is 0 Å². The lowest BCUT2D eigenvalue weighted by atomic mass is 9.43. The van der Waals surface area contributed by atoms with Gasteiger partial charge >= 0.3 is 0 Å². The minimum Gasteiger partial charge on any atom is -0.350 e. The highest BCUT2D eigenvalue weighted by Crippen LogP contribution is 2.66. The Kier molecular flexibility index (Phi) is 4.44. The van der Waals surface area contributed by atoms with Crippen molar-refractivity contribution in [3.05, 3.63) is 12.2 Å². The van der Waals surface area contributed by atoms with Gasteiger partial charge < -0.3 is 10.6 Å². The van der Waals surface area contributed by atoms with Gasteiger partial charge in [-0.15, -0.1) is 0 Å². The van der Waals surface area contributed by atoms with Crippen LogP contribution in [0.2, 0.25) is 0 Å². The van der Waals surface area contributed by atoms with Crippen LogP contribution in [0, 0.1) is 16.7 Å². The maximum absolute atomic E-state index is 12.6. The highest BCUT2D eigenvalue weighted by atomic mass is 16.2. The van der Waals surface area contributed by atoms with Crippen LogP contribution in [-0.2, 0) is 9.59 Å². The standard InChI is InChI=1S/C22H34N2O2/c1-20-10-16-11-21(2,13-20)15-22(12-16,14-20)24-19(26)9-8-18(25)23-17-6-4-3-5-7-17/h8-9,16-17H,3-7,10-15H2,1-2H3,(H,23,25)(H,24,26)/b9-8+. The van der Waals surface area contributed by atoms with Crippen molar-refractivity contribution in [1.29, 1.82) is 0 Å². The summed E-state index contributed by atoms with van der Waals surface area (Å²) in [6.45, 7) is 4.81. The molecule has 26 heavy (non-hydrogen) atoms. The van der Waals surface area contributed by atoms with E-state index < -0.39 is 0 Å². The fraction of sp³-hybridized carbons (Fsp3) is 0.818. The lowest BCUT2D eigenvalue weighted by Gasteiger charge is -2.65. The van der Waals surface area contributed by atoms with E-state index in [-0.39, 0.29) is 23.4 Å². The van der Waals surface area contributed by atoms with E-state index in [0.29, 0.717) is 10.8 Å². The summed E-state index contributed by atoms with van der Waals surface area (Å²) in [5.74, 6) is 0.523. The van der Waals surface area contributed by atoms with Gasteiger partial charge in [0.25, 0.3) is 0 Å². The fourth-order valence-electron chi connectivity index (χ4n) is 7.54. The minimum atomic E-state index is -0.128. The SMILES string of the molecule is CC12CC3CC(C)(C1)CC(NC(=O)/C=C/C(=O)NC1CCCCC1)(C3)C2. The van der Waals surface area contributed by atoms with Crippen LogP contribution < -0.4 is 10.6 Å². The topological polar surface area (TPSA) is 58.2 Å². The van der Waals surface area contributed by atoms with Gasteiger partial charge in [-0.2, -0.15) is 0 Å². The van der Waals surface area contributed by atoms with E-state index in [1.54, 1.807) is 0 Å². The van der Waals surface area contributed by atoms with Crippen LogP contribution >= 0.6 is 0 Å². The first-order chi connectivity index (χ1) is 12.3. The van der Waals surface area contributed by atoms with Crippen molar-refractivity contribution >= 4 is 11.8 Å². The van der Waals surface area contributed by atoms with Crippen LogP contribution in [0.1, 0.15) is 84.5 Å². The summed E-state index contributed by atoms with van der Waals surface area (Å²) in [5.41, 5.74) is 0.706. The van der Waals surface area contributed by atoms with Gasteiger partial charge in [0.15, 0.2) is 0 Å². The van der Waals surface area contributed by atoms with E-state index in [1.807, 2.05) is 0 Å². The van der Waals surface area contributed by atoms with Crippen molar-refractivity contribution in [2.45, 2.75) is 96.1 Å². The maximum Gasteiger partial charge on any atom is 0.244 e. The van der Waals surface area contributed by atoms with Crippen LogP contribution in [0.15, 0.2) is 12.2 Å². The molecule has 2 N–H and O–H groups in total. The second-order valence-corrected chi connectivity index (χ2v) is 10.6. The molecule has 0 aromatic carbocycles. The molecule has 5 fully saturated rings. The summed E-state index contributed by atoms with van der Waals surface area (Å²) in [6, 6.07) is 0.284. The smallest absolute Gasteiger partial charge is 0.244 e. The van der Waals surface area contributed by atoms with E-state index >= 15 is 0 Å². The molecule has 144 valence electrons. The number of rotatable bonds is 4. The van der Waals surface area contributed by atoms with E-state index in [2.05, 4.69) is 24.5 Å². The first-order valence-corrected chi connectivity index (χ1v) is 10.6. The Morgan fingerprint density at radius 3 is 2.08 bits per heavy atom. The second kappa shape index (κ2) is 6.38. The molecule has 5 saturated carbocycles. The van der Waals surface area contributed by atoms with Gasteiger partial charge in [-0.1, -0.05) is 33.1 Å². The fourth-order valence-corrected chi connectivity index (χ4v) is 7.54. The Balaban J connectivity index is 1.35. The van der Waals surface area contributed by atoms with Gasteiger partial charge in [0.1, 0.15) is 0 Å². The third-order valence-corrected chi connectivity index (χ3v) is 7.35. The molecule has 5 aliphatic carbocycles. The largest absolute Gasteiger partial charge is 0.350 e. The molecule has 4 bridgehead atoms. The highest BCUT2D eigenvalue weighted by Gasteiger charge is 2.60. The Hall–Kier alpha value is -1.32. The van der Waals surface area contributed by atoms with Gasteiger partial charge in [-0.3, -0.25) is 9.59 Å². The molecular weight excluding hydrogens is 324 g/mol. The molecule has 5 aliphatic rings. The quantitative estimate of drug-likeness (QED) is 0.750. The number of carbonyl (C=O) groups excluding carboxylic acids is 2. The monoisotopic (exact) mass is 358 g/mol. The number of nitrogens with one attached hydrogen (secondary N) is 2. The Morgan fingerprint density at radius 2 is 1.46 bits per heavy atom. The van der Waals surface area contributed by atoms with Crippen molar-refractivity contribution in [1.82, 2.24) is 10.6 Å². The normalized spacial score (nSPS) is 42.2. The summed E-state index contributed by atoms with van der Waals surface area (Å²) in [7, 11) is 0. The van der Waals surface area contributed by atoms with Crippen LogP contribution in [0.4, 0.5) is 0 Å². The lowest BCUT2D eigenvalue weighted by molar-refractivity contribution is -0.136. The zero-order valence-corrected chi connectivity index (χ0v) is 16.4. The molecular formula is C22H34N2O2. The van der Waals surface area contributed by atoms with Crippen LogP contribution in [0.3, 0.4) is 0 Å². The maximum atomic E-state index is 12.6. The number of carbonyl (C=O) groups is 2. The molecule has 2 unspecified atom stereocenters. The second-order valence-electron chi connectivity index (χ2n) is 10.6. The summed E-state index contributed by atoms with van der Waals surface area (Å²) >= 11 is 0. The molecule has 5 rings (SSSR count). The molecule has 4 nitrogen and oxygen atoms in total. The predicted octanol–water partition coefficient (Wildman–Crippen LogP) is 3.86. The van der Waals surface area contributed by atoms with E-state index in [9.17, 15) is 9.59 Å². The Bertz CT molecular complexity index is 602. The molecule has 0 aromatic rings.